The minimum Gasteiger partial charge on any atom is -0.452 e. The van der Waals surface area contributed by atoms with Crippen LogP contribution >= 0.6 is 11.6 Å². The first-order valence-electron chi connectivity index (χ1n) is 8.66. The molecule has 1 aromatic heterocycles. The van der Waals surface area contributed by atoms with Gasteiger partial charge < -0.3 is 14.2 Å². The van der Waals surface area contributed by atoms with E-state index in [4.69, 9.17) is 20.9 Å². The van der Waals surface area contributed by atoms with Crippen LogP contribution in [0.1, 0.15) is 42.3 Å². The molecular formula is C19H21ClN2O4. The molecule has 2 aromatic rings. The van der Waals surface area contributed by atoms with Gasteiger partial charge in [0, 0.05) is 18.2 Å². The zero-order chi connectivity index (χ0) is 18.7. The molecule has 6 nitrogen and oxygen atoms in total. The number of likely N-dealkylation sites (tertiary alicyclic amines) is 1. The molecule has 2 heterocycles. The average molecular weight is 377 g/mol. The highest BCUT2D eigenvalue weighted by Gasteiger charge is 2.27. The van der Waals surface area contributed by atoms with Crippen molar-refractivity contribution in [1.82, 2.24) is 10.1 Å². The number of nitrogens with zero attached hydrogens (tertiary/aromatic N) is 2. The summed E-state index contributed by atoms with van der Waals surface area (Å²) in [6.45, 7) is 4.04. The molecule has 0 unspecified atom stereocenters. The number of benzene rings is 1. The quantitative estimate of drug-likeness (QED) is 0.757. The number of hydrogen-bond acceptors (Lipinski definition) is 5. The molecule has 0 N–H and O–H groups in total. The highest BCUT2D eigenvalue weighted by Crippen LogP contribution is 2.31. The molecular weight excluding hydrogens is 356 g/mol. The first-order chi connectivity index (χ1) is 12.5. The number of piperidine rings is 1. The monoisotopic (exact) mass is 376 g/mol. The van der Waals surface area contributed by atoms with Crippen LogP contribution in [0.4, 0.5) is 0 Å². The van der Waals surface area contributed by atoms with Gasteiger partial charge in [-0.3, -0.25) is 4.79 Å². The van der Waals surface area contributed by atoms with Crippen molar-refractivity contribution in [3.8, 4) is 11.3 Å². The Morgan fingerprint density at radius 1 is 1.35 bits per heavy atom. The van der Waals surface area contributed by atoms with E-state index in [0.717, 1.165) is 19.3 Å². The largest absolute Gasteiger partial charge is 0.452 e. The van der Waals surface area contributed by atoms with Gasteiger partial charge in [0.05, 0.1) is 5.02 Å². The van der Waals surface area contributed by atoms with Crippen LogP contribution < -0.4 is 0 Å². The van der Waals surface area contributed by atoms with E-state index in [0.29, 0.717) is 28.6 Å². The lowest BCUT2D eigenvalue weighted by Crippen LogP contribution is -2.44. The first kappa shape index (κ1) is 18.5. The van der Waals surface area contributed by atoms with E-state index < -0.39 is 5.97 Å². The lowest BCUT2D eigenvalue weighted by atomic mass is 10.0. The van der Waals surface area contributed by atoms with Crippen LogP contribution in [0.5, 0.6) is 0 Å². The van der Waals surface area contributed by atoms with E-state index in [-0.39, 0.29) is 24.1 Å². The van der Waals surface area contributed by atoms with Crippen molar-refractivity contribution < 1.29 is 18.8 Å². The van der Waals surface area contributed by atoms with Gasteiger partial charge in [0.1, 0.15) is 17.0 Å². The number of carbonyl (C=O) groups excluding carboxylic acids is 2. The maximum Gasteiger partial charge on any atom is 0.344 e. The van der Waals surface area contributed by atoms with Gasteiger partial charge in [-0.05, 0) is 39.2 Å². The number of ether oxygens (including phenoxy) is 1. The molecule has 0 radical (unpaired) electrons. The fourth-order valence-electron chi connectivity index (χ4n) is 3.20. The Bertz CT molecular complexity index is 818. The third-order valence-electron chi connectivity index (χ3n) is 4.65. The summed E-state index contributed by atoms with van der Waals surface area (Å²) in [7, 11) is 0. The number of amides is 1. The molecule has 0 saturated carbocycles. The molecule has 3 rings (SSSR count). The number of aromatic nitrogens is 1. The first-order valence-corrected chi connectivity index (χ1v) is 9.04. The minimum atomic E-state index is -0.642. The van der Waals surface area contributed by atoms with Crippen molar-refractivity contribution >= 4 is 23.5 Å². The second-order valence-corrected chi connectivity index (χ2v) is 6.86. The Kier molecular flexibility index (Phi) is 5.61. The molecule has 7 heteroatoms. The van der Waals surface area contributed by atoms with Crippen LogP contribution in [0.3, 0.4) is 0 Å². The van der Waals surface area contributed by atoms with Crippen molar-refractivity contribution in [2.75, 3.05) is 13.2 Å². The third kappa shape index (κ3) is 3.75. The average Bonchev–Trinajstić information content (AvgIpc) is 3.01. The van der Waals surface area contributed by atoms with E-state index in [1.165, 1.54) is 0 Å². The summed E-state index contributed by atoms with van der Waals surface area (Å²) in [5, 5.41) is 4.39. The minimum absolute atomic E-state index is 0.172. The Hall–Kier alpha value is -2.34. The zero-order valence-corrected chi connectivity index (χ0v) is 15.6. The van der Waals surface area contributed by atoms with Gasteiger partial charge >= 0.3 is 5.97 Å². The fraction of sp³-hybridized carbons (Fsp3) is 0.421. The maximum atomic E-state index is 12.6. The molecule has 1 fully saturated rings. The highest BCUT2D eigenvalue weighted by atomic mass is 35.5. The summed E-state index contributed by atoms with van der Waals surface area (Å²) in [6, 6.07) is 7.21. The Morgan fingerprint density at radius 3 is 2.85 bits per heavy atom. The van der Waals surface area contributed by atoms with Gasteiger partial charge in [-0.1, -0.05) is 35.0 Å². The molecule has 1 saturated heterocycles. The van der Waals surface area contributed by atoms with Crippen molar-refractivity contribution in [3.05, 3.63) is 40.6 Å². The van der Waals surface area contributed by atoms with E-state index in [1.807, 2.05) is 6.92 Å². The molecule has 0 spiro atoms. The fourth-order valence-corrected chi connectivity index (χ4v) is 3.43. The van der Waals surface area contributed by atoms with Gasteiger partial charge in [-0.15, -0.1) is 0 Å². The van der Waals surface area contributed by atoms with Crippen LogP contribution in [0, 0.1) is 6.92 Å². The second-order valence-electron chi connectivity index (χ2n) is 6.45. The molecule has 1 amide bonds. The van der Waals surface area contributed by atoms with E-state index in [2.05, 4.69) is 5.16 Å². The molecule has 0 aliphatic carbocycles. The van der Waals surface area contributed by atoms with E-state index >= 15 is 0 Å². The number of rotatable bonds is 4. The smallest absolute Gasteiger partial charge is 0.344 e. The number of halogens is 1. The van der Waals surface area contributed by atoms with Crippen molar-refractivity contribution in [3.63, 3.8) is 0 Å². The molecule has 1 atom stereocenters. The van der Waals surface area contributed by atoms with Crippen LogP contribution in [-0.2, 0) is 9.53 Å². The van der Waals surface area contributed by atoms with Gasteiger partial charge in [0.25, 0.3) is 5.91 Å². The van der Waals surface area contributed by atoms with Gasteiger partial charge in [-0.2, -0.15) is 0 Å². The van der Waals surface area contributed by atoms with Crippen molar-refractivity contribution in [2.24, 2.45) is 0 Å². The predicted molar refractivity (Wildman–Crippen MR) is 97.0 cm³/mol. The topological polar surface area (TPSA) is 72.6 Å². The number of aryl methyl sites for hydroxylation is 1. The lowest BCUT2D eigenvalue weighted by molar-refractivity contribution is -0.137. The van der Waals surface area contributed by atoms with Crippen LogP contribution in [0.25, 0.3) is 11.3 Å². The Morgan fingerprint density at radius 2 is 2.12 bits per heavy atom. The summed E-state index contributed by atoms with van der Waals surface area (Å²) in [5.74, 6) is -0.501. The van der Waals surface area contributed by atoms with Crippen LogP contribution in [-0.4, -0.2) is 41.1 Å². The van der Waals surface area contributed by atoms with Gasteiger partial charge in [0.2, 0.25) is 0 Å². The Labute approximate surface area is 157 Å². The standard InChI is InChI=1S/C19H21ClN2O4/c1-12-7-5-6-10-22(12)16(23)11-25-19(24)17-13(2)26-21-18(17)14-8-3-4-9-15(14)20/h3-4,8-9,12H,5-7,10-11H2,1-2H3/t12-/m0/s1. The van der Waals surface area contributed by atoms with Gasteiger partial charge in [-0.25, -0.2) is 4.79 Å². The number of esters is 1. The van der Waals surface area contributed by atoms with Crippen LogP contribution in [0.2, 0.25) is 5.02 Å². The van der Waals surface area contributed by atoms with E-state index in [1.54, 1.807) is 36.1 Å². The third-order valence-corrected chi connectivity index (χ3v) is 4.98. The number of carbonyl (C=O) groups is 2. The van der Waals surface area contributed by atoms with Crippen molar-refractivity contribution in [1.29, 1.82) is 0 Å². The normalized spacial score (nSPS) is 17.2. The molecule has 1 aromatic carbocycles. The van der Waals surface area contributed by atoms with Crippen molar-refractivity contribution in [2.45, 2.75) is 39.2 Å². The summed E-state index contributed by atoms with van der Waals surface area (Å²) in [5.41, 5.74) is 1.09. The highest BCUT2D eigenvalue weighted by molar-refractivity contribution is 6.33. The summed E-state index contributed by atoms with van der Waals surface area (Å²) in [4.78, 5) is 26.7. The predicted octanol–water partition coefficient (Wildman–Crippen LogP) is 3.86. The summed E-state index contributed by atoms with van der Waals surface area (Å²) >= 11 is 6.20. The maximum absolute atomic E-state index is 12.6. The SMILES string of the molecule is Cc1onc(-c2ccccc2Cl)c1C(=O)OCC(=O)N1CCCC[C@@H]1C. The molecule has 0 bridgehead atoms. The number of hydrogen-bond donors (Lipinski definition) is 0. The summed E-state index contributed by atoms with van der Waals surface area (Å²) < 4.78 is 10.4. The van der Waals surface area contributed by atoms with Crippen LogP contribution in [0.15, 0.2) is 28.8 Å². The Balaban J connectivity index is 1.74. The molecule has 1 aliphatic rings. The lowest BCUT2D eigenvalue weighted by Gasteiger charge is -2.33. The molecule has 138 valence electrons. The zero-order valence-electron chi connectivity index (χ0n) is 14.8. The summed E-state index contributed by atoms with van der Waals surface area (Å²) in [6.07, 6.45) is 3.07. The second kappa shape index (κ2) is 7.91. The molecule has 1 aliphatic heterocycles. The molecule has 26 heavy (non-hydrogen) atoms. The van der Waals surface area contributed by atoms with Gasteiger partial charge in [0.15, 0.2) is 6.61 Å². The van der Waals surface area contributed by atoms with E-state index in [9.17, 15) is 9.59 Å².